The van der Waals surface area contributed by atoms with Crippen LogP contribution in [0.5, 0.6) is 11.5 Å². The highest BCUT2D eigenvalue weighted by Gasteiger charge is 2.37. The van der Waals surface area contributed by atoms with Crippen LogP contribution >= 0.6 is 12.2 Å². The van der Waals surface area contributed by atoms with Crippen molar-refractivity contribution in [1.82, 2.24) is 4.90 Å². The fraction of sp³-hybridized carbons (Fsp3) is 0.286. The Morgan fingerprint density at radius 3 is 2.33 bits per heavy atom. The quantitative estimate of drug-likeness (QED) is 0.342. The smallest absolute Gasteiger partial charge is 0.338 e. The van der Waals surface area contributed by atoms with Crippen LogP contribution in [0.15, 0.2) is 72.8 Å². The number of para-hydroxylation sites is 1. The van der Waals surface area contributed by atoms with Gasteiger partial charge >= 0.3 is 5.97 Å². The van der Waals surface area contributed by atoms with Gasteiger partial charge in [0.05, 0.1) is 39.0 Å². The van der Waals surface area contributed by atoms with Crippen molar-refractivity contribution >= 4 is 29.0 Å². The van der Waals surface area contributed by atoms with Crippen LogP contribution in [-0.2, 0) is 11.2 Å². The molecule has 1 aliphatic heterocycles. The summed E-state index contributed by atoms with van der Waals surface area (Å²) in [7, 11) is 3.20. The van der Waals surface area contributed by atoms with E-state index < -0.39 is 11.9 Å². The molecule has 8 heteroatoms. The van der Waals surface area contributed by atoms with E-state index in [0.717, 1.165) is 23.2 Å². The third-order valence-corrected chi connectivity index (χ3v) is 6.66. The molecule has 0 spiro atoms. The number of benzene rings is 3. The largest absolute Gasteiger partial charge is 0.493 e. The van der Waals surface area contributed by atoms with E-state index in [1.165, 1.54) is 0 Å². The van der Waals surface area contributed by atoms with Crippen LogP contribution in [0.4, 0.5) is 5.69 Å². The number of nitrogens with one attached hydrogen (secondary N) is 1. The second kappa shape index (κ2) is 11.9. The number of carbonyl (C=O) groups is 1. The summed E-state index contributed by atoms with van der Waals surface area (Å²) in [6.45, 7) is 0.438. The topological polar surface area (TPSA) is 80.3 Å². The lowest BCUT2D eigenvalue weighted by molar-refractivity contribution is 0.0260. The number of esters is 1. The lowest BCUT2D eigenvalue weighted by Gasteiger charge is -2.42. The van der Waals surface area contributed by atoms with Gasteiger partial charge in [-0.3, -0.25) is 0 Å². The Balaban J connectivity index is 1.66. The molecule has 3 aromatic carbocycles. The van der Waals surface area contributed by atoms with E-state index in [2.05, 4.69) is 5.32 Å². The summed E-state index contributed by atoms with van der Waals surface area (Å²) in [5, 5.41) is 14.3. The summed E-state index contributed by atoms with van der Waals surface area (Å²) in [5.41, 5.74) is 3.35. The first-order valence-electron chi connectivity index (χ1n) is 11.8. The number of nitrogens with zero attached hydrogens (tertiary/aromatic N) is 1. The van der Waals surface area contributed by atoms with Crippen LogP contribution in [-0.4, -0.2) is 55.1 Å². The summed E-state index contributed by atoms with van der Waals surface area (Å²) in [5.74, 6) is 0.353. The number of methoxy groups -OCH3 is 2. The first-order valence-corrected chi connectivity index (χ1v) is 12.2. The molecule has 1 aliphatic rings. The number of hydrogen-bond acceptors (Lipinski definition) is 6. The van der Waals surface area contributed by atoms with E-state index in [9.17, 15) is 9.90 Å². The molecule has 2 unspecified atom stereocenters. The van der Waals surface area contributed by atoms with E-state index in [4.69, 9.17) is 26.4 Å². The Bertz CT molecular complexity index is 1190. The van der Waals surface area contributed by atoms with Crippen molar-refractivity contribution in [1.29, 1.82) is 0 Å². The van der Waals surface area contributed by atoms with Crippen molar-refractivity contribution in [3.05, 3.63) is 89.5 Å². The molecule has 36 heavy (non-hydrogen) atoms. The standard InChI is InChI=1S/C28H30N2O5S/c1-33-24-15-20-13-14-30(28(36)29-22-11-7-4-8-12-22)26(23(20)16-25(24)34-2)21(17-31)18-35-27(32)19-9-5-3-6-10-19/h3-12,15-16,21,26,31H,13-14,17-18H2,1-2H3,(H,29,36). The van der Waals surface area contributed by atoms with Gasteiger partial charge in [-0.05, 0) is 66.2 Å². The lowest BCUT2D eigenvalue weighted by Crippen LogP contribution is -2.47. The molecule has 0 saturated heterocycles. The normalized spacial score (nSPS) is 15.4. The maximum atomic E-state index is 12.6. The van der Waals surface area contributed by atoms with Gasteiger partial charge in [0.2, 0.25) is 0 Å². The van der Waals surface area contributed by atoms with Crippen LogP contribution in [0.2, 0.25) is 0 Å². The Morgan fingerprint density at radius 1 is 1.06 bits per heavy atom. The van der Waals surface area contributed by atoms with E-state index >= 15 is 0 Å². The molecule has 7 nitrogen and oxygen atoms in total. The first-order chi connectivity index (χ1) is 17.5. The van der Waals surface area contributed by atoms with E-state index in [-0.39, 0.29) is 19.3 Å². The van der Waals surface area contributed by atoms with Gasteiger partial charge in [-0.1, -0.05) is 36.4 Å². The van der Waals surface area contributed by atoms with Gasteiger partial charge in [0.15, 0.2) is 16.6 Å². The minimum atomic E-state index is -0.440. The molecular weight excluding hydrogens is 476 g/mol. The second-order valence-electron chi connectivity index (χ2n) is 8.50. The van der Waals surface area contributed by atoms with Crippen LogP contribution in [0, 0.1) is 5.92 Å². The number of thiocarbonyl (C=S) groups is 1. The molecule has 0 radical (unpaired) electrons. The summed E-state index contributed by atoms with van der Waals surface area (Å²) in [6.07, 6.45) is 0.727. The third kappa shape index (κ3) is 5.61. The van der Waals surface area contributed by atoms with Gasteiger partial charge in [0, 0.05) is 18.2 Å². The molecule has 0 aliphatic carbocycles. The number of anilines is 1. The highest BCUT2D eigenvalue weighted by atomic mass is 32.1. The lowest BCUT2D eigenvalue weighted by atomic mass is 9.85. The summed E-state index contributed by atoms with van der Waals surface area (Å²) in [4.78, 5) is 14.7. The van der Waals surface area contributed by atoms with Crippen LogP contribution in [0.25, 0.3) is 0 Å². The van der Waals surface area contributed by atoms with Crippen molar-refractivity contribution in [3.63, 3.8) is 0 Å². The van der Waals surface area contributed by atoms with Gasteiger partial charge in [0.1, 0.15) is 0 Å². The molecule has 0 amide bonds. The highest BCUT2D eigenvalue weighted by Crippen LogP contribution is 2.41. The number of hydrogen-bond donors (Lipinski definition) is 2. The van der Waals surface area contributed by atoms with Crippen LogP contribution in [0.1, 0.15) is 27.5 Å². The number of rotatable bonds is 8. The van der Waals surface area contributed by atoms with Crippen molar-refractivity contribution in [2.45, 2.75) is 12.5 Å². The molecule has 0 fully saturated rings. The van der Waals surface area contributed by atoms with Crippen LogP contribution in [0.3, 0.4) is 0 Å². The Hall–Kier alpha value is -3.62. The first kappa shape index (κ1) is 25.5. The third-order valence-electron chi connectivity index (χ3n) is 6.33. The number of ether oxygens (including phenoxy) is 3. The molecule has 2 atom stereocenters. The van der Waals surface area contributed by atoms with E-state index in [1.807, 2.05) is 53.4 Å². The minimum absolute atomic E-state index is 0.0210. The number of aliphatic hydroxyl groups is 1. The van der Waals surface area contributed by atoms with Gasteiger partial charge in [-0.25, -0.2) is 4.79 Å². The zero-order valence-corrected chi connectivity index (χ0v) is 21.2. The molecular formula is C28H30N2O5S. The Kier molecular flexibility index (Phi) is 8.40. The minimum Gasteiger partial charge on any atom is -0.493 e. The van der Waals surface area contributed by atoms with Gasteiger partial charge in [-0.2, -0.15) is 0 Å². The maximum Gasteiger partial charge on any atom is 0.338 e. The molecule has 0 bridgehead atoms. The van der Waals surface area contributed by atoms with Crippen molar-refractivity contribution in [2.75, 3.05) is 39.3 Å². The second-order valence-corrected chi connectivity index (χ2v) is 8.88. The monoisotopic (exact) mass is 506 g/mol. The van der Waals surface area contributed by atoms with Crippen molar-refractivity contribution in [3.8, 4) is 11.5 Å². The summed E-state index contributed by atoms with van der Waals surface area (Å²) in [6, 6.07) is 22.1. The SMILES string of the molecule is COc1cc2c(cc1OC)C(C(CO)COC(=O)c1ccccc1)N(C(=S)Nc1ccccc1)CC2. The highest BCUT2D eigenvalue weighted by molar-refractivity contribution is 7.80. The number of carbonyl (C=O) groups excluding carboxylic acids is 1. The zero-order valence-electron chi connectivity index (χ0n) is 20.3. The number of aliphatic hydroxyl groups excluding tert-OH is 1. The van der Waals surface area contributed by atoms with Crippen molar-refractivity contribution < 1.29 is 24.1 Å². The summed E-state index contributed by atoms with van der Waals surface area (Å²) < 4.78 is 16.7. The Labute approximate surface area is 216 Å². The maximum absolute atomic E-state index is 12.6. The fourth-order valence-corrected chi connectivity index (χ4v) is 4.84. The number of fused-ring (bicyclic) bond motifs is 1. The van der Waals surface area contributed by atoms with E-state index in [1.54, 1.807) is 38.5 Å². The predicted octanol–water partition coefficient (Wildman–Crippen LogP) is 4.47. The molecule has 4 rings (SSSR count). The van der Waals surface area contributed by atoms with Gasteiger partial charge in [0.25, 0.3) is 0 Å². The molecule has 188 valence electrons. The average Bonchev–Trinajstić information content (AvgIpc) is 2.93. The molecule has 0 aromatic heterocycles. The van der Waals surface area contributed by atoms with E-state index in [0.29, 0.717) is 28.7 Å². The zero-order chi connectivity index (χ0) is 25.5. The molecule has 2 N–H and O–H groups in total. The Morgan fingerprint density at radius 2 is 1.69 bits per heavy atom. The molecule has 0 saturated carbocycles. The van der Waals surface area contributed by atoms with Gasteiger partial charge < -0.3 is 29.5 Å². The van der Waals surface area contributed by atoms with Gasteiger partial charge in [-0.15, -0.1) is 0 Å². The fourth-order valence-electron chi connectivity index (χ4n) is 4.51. The van der Waals surface area contributed by atoms with Crippen molar-refractivity contribution in [2.24, 2.45) is 5.92 Å². The average molecular weight is 507 g/mol. The predicted molar refractivity (Wildman–Crippen MR) is 143 cm³/mol. The summed E-state index contributed by atoms with van der Waals surface area (Å²) >= 11 is 5.82. The molecule has 1 heterocycles. The van der Waals surface area contributed by atoms with Crippen LogP contribution < -0.4 is 14.8 Å². The molecule has 3 aromatic rings.